The van der Waals surface area contributed by atoms with Crippen molar-refractivity contribution in [2.45, 2.75) is 38.6 Å². The van der Waals surface area contributed by atoms with Crippen LogP contribution in [0.15, 0.2) is 0 Å². The third kappa shape index (κ3) is 2.55. The molecule has 0 aromatic carbocycles. The van der Waals surface area contributed by atoms with Crippen molar-refractivity contribution < 1.29 is 14.6 Å². The van der Waals surface area contributed by atoms with E-state index in [-0.39, 0.29) is 5.92 Å². The molecule has 1 aliphatic rings. The second kappa shape index (κ2) is 5.64. The molecule has 0 aromatic heterocycles. The molecule has 3 unspecified atom stereocenters. The maximum absolute atomic E-state index is 11.5. The molecule has 0 bridgehead atoms. The number of aliphatic carboxylic acids is 1. The predicted molar refractivity (Wildman–Crippen MR) is 62.4 cm³/mol. The molecule has 4 nitrogen and oxygen atoms in total. The van der Waals surface area contributed by atoms with Gasteiger partial charge in [-0.25, -0.2) is 0 Å². The average molecular weight is 229 g/mol. The predicted octanol–water partition coefficient (Wildman–Crippen LogP) is 1.50. The van der Waals surface area contributed by atoms with Gasteiger partial charge in [0.15, 0.2) is 0 Å². The minimum atomic E-state index is -0.754. The maximum atomic E-state index is 11.5. The van der Waals surface area contributed by atoms with Gasteiger partial charge in [0.25, 0.3) is 0 Å². The molecule has 0 radical (unpaired) electrons. The molecule has 1 saturated carbocycles. The van der Waals surface area contributed by atoms with Gasteiger partial charge in [-0.1, -0.05) is 26.7 Å². The number of carboxylic acids is 1. The van der Waals surface area contributed by atoms with Gasteiger partial charge in [0.1, 0.15) is 5.54 Å². The molecule has 0 amide bonds. The summed E-state index contributed by atoms with van der Waals surface area (Å²) in [6.45, 7) is 5.33. The van der Waals surface area contributed by atoms with Crippen molar-refractivity contribution in [2.75, 3.05) is 20.3 Å². The van der Waals surface area contributed by atoms with Crippen LogP contribution in [0.25, 0.3) is 0 Å². The zero-order valence-corrected chi connectivity index (χ0v) is 10.5. The Bertz CT molecular complexity index is 244. The van der Waals surface area contributed by atoms with Crippen molar-refractivity contribution in [3.05, 3.63) is 0 Å². The number of rotatable bonds is 5. The molecule has 1 fully saturated rings. The summed E-state index contributed by atoms with van der Waals surface area (Å²) in [7, 11) is 1.63. The van der Waals surface area contributed by atoms with Gasteiger partial charge < -0.3 is 9.84 Å². The molecule has 4 heteroatoms. The Morgan fingerprint density at radius 2 is 2.25 bits per heavy atom. The van der Waals surface area contributed by atoms with Gasteiger partial charge in [0.2, 0.25) is 0 Å². The zero-order valence-electron chi connectivity index (χ0n) is 10.5. The van der Waals surface area contributed by atoms with Crippen LogP contribution in [0.2, 0.25) is 0 Å². The Balaban J connectivity index is 2.73. The van der Waals surface area contributed by atoms with Crippen LogP contribution in [-0.2, 0) is 9.53 Å². The van der Waals surface area contributed by atoms with Crippen molar-refractivity contribution in [3.8, 4) is 0 Å². The highest BCUT2D eigenvalue weighted by Gasteiger charge is 2.47. The first kappa shape index (κ1) is 13.5. The summed E-state index contributed by atoms with van der Waals surface area (Å²) in [4.78, 5) is 11.5. The van der Waals surface area contributed by atoms with E-state index in [1.54, 1.807) is 7.11 Å². The first-order chi connectivity index (χ1) is 7.54. The van der Waals surface area contributed by atoms with Gasteiger partial charge in [-0.2, -0.15) is 0 Å². The van der Waals surface area contributed by atoms with Crippen LogP contribution in [-0.4, -0.2) is 36.9 Å². The van der Waals surface area contributed by atoms with Crippen LogP contribution in [0.3, 0.4) is 0 Å². The number of carbonyl (C=O) groups is 1. The summed E-state index contributed by atoms with van der Waals surface area (Å²) < 4.78 is 4.96. The van der Waals surface area contributed by atoms with Gasteiger partial charge in [0, 0.05) is 13.7 Å². The SMILES string of the molecule is COCCNC1(C(=O)O)CCCC(C)C1C. The van der Waals surface area contributed by atoms with Crippen molar-refractivity contribution in [1.82, 2.24) is 5.32 Å². The highest BCUT2D eigenvalue weighted by Crippen LogP contribution is 2.37. The first-order valence-corrected chi connectivity index (χ1v) is 6.02. The van der Waals surface area contributed by atoms with E-state index < -0.39 is 11.5 Å². The van der Waals surface area contributed by atoms with Crippen LogP contribution in [0.4, 0.5) is 0 Å². The Morgan fingerprint density at radius 1 is 1.56 bits per heavy atom. The summed E-state index contributed by atoms with van der Waals surface area (Å²) in [6.07, 6.45) is 2.83. The highest BCUT2D eigenvalue weighted by molar-refractivity contribution is 5.79. The summed E-state index contributed by atoms with van der Waals surface area (Å²) in [6, 6.07) is 0. The molecule has 0 aromatic rings. The van der Waals surface area contributed by atoms with E-state index in [0.29, 0.717) is 19.1 Å². The van der Waals surface area contributed by atoms with E-state index >= 15 is 0 Å². The van der Waals surface area contributed by atoms with Crippen LogP contribution in [0.5, 0.6) is 0 Å². The summed E-state index contributed by atoms with van der Waals surface area (Å²) in [5.41, 5.74) is -0.754. The summed E-state index contributed by atoms with van der Waals surface area (Å²) >= 11 is 0. The van der Waals surface area contributed by atoms with E-state index in [4.69, 9.17) is 4.74 Å². The van der Waals surface area contributed by atoms with E-state index in [0.717, 1.165) is 19.3 Å². The summed E-state index contributed by atoms with van der Waals surface area (Å²) in [5.74, 6) is -0.0989. The smallest absolute Gasteiger partial charge is 0.324 e. The minimum Gasteiger partial charge on any atom is -0.480 e. The maximum Gasteiger partial charge on any atom is 0.324 e. The quantitative estimate of drug-likeness (QED) is 0.701. The Morgan fingerprint density at radius 3 is 2.81 bits per heavy atom. The number of nitrogens with one attached hydrogen (secondary N) is 1. The topological polar surface area (TPSA) is 58.6 Å². The van der Waals surface area contributed by atoms with Gasteiger partial charge >= 0.3 is 5.97 Å². The fraction of sp³-hybridized carbons (Fsp3) is 0.917. The van der Waals surface area contributed by atoms with Crippen LogP contribution in [0, 0.1) is 11.8 Å². The number of hydrogen-bond acceptors (Lipinski definition) is 3. The fourth-order valence-corrected chi connectivity index (χ4v) is 2.67. The molecule has 1 aliphatic carbocycles. The van der Waals surface area contributed by atoms with Crippen LogP contribution in [0.1, 0.15) is 33.1 Å². The molecule has 2 N–H and O–H groups in total. The van der Waals surface area contributed by atoms with Crippen molar-refractivity contribution in [2.24, 2.45) is 11.8 Å². The molecule has 0 spiro atoms. The number of ether oxygens (including phenoxy) is 1. The monoisotopic (exact) mass is 229 g/mol. The van der Waals surface area contributed by atoms with Gasteiger partial charge in [0.05, 0.1) is 6.61 Å². The fourth-order valence-electron chi connectivity index (χ4n) is 2.67. The average Bonchev–Trinajstić information content (AvgIpc) is 2.24. The van der Waals surface area contributed by atoms with Gasteiger partial charge in [-0.05, 0) is 18.3 Å². The molecule has 3 atom stereocenters. The van der Waals surface area contributed by atoms with Gasteiger partial charge in [-0.15, -0.1) is 0 Å². The lowest BCUT2D eigenvalue weighted by molar-refractivity contribution is -0.150. The second-order valence-corrected chi connectivity index (χ2v) is 4.85. The van der Waals surface area contributed by atoms with E-state index in [9.17, 15) is 9.90 Å². The molecular formula is C12H23NO3. The van der Waals surface area contributed by atoms with Crippen LogP contribution >= 0.6 is 0 Å². The van der Waals surface area contributed by atoms with Crippen molar-refractivity contribution in [1.29, 1.82) is 0 Å². The van der Waals surface area contributed by atoms with Gasteiger partial charge in [-0.3, -0.25) is 10.1 Å². The summed E-state index contributed by atoms with van der Waals surface area (Å²) in [5, 5.41) is 12.7. The molecule has 0 saturated heterocycles. The van der Waals surface area contributed by atoms with E-state index in [1.807, 2.05) is 6.92 Å². The van der Waals surface area contributed by atoms with E-state index in [1.165, 1.54) is 0 Å². The van der Waals surface area contributed by atoms with Crippen LogP contribution < -0.4 is 5.32 Å². The Kier molecular flexibility index (Phi) is 4.74. The molecule has 0 heterocycles. The minimum absolute atomic E-state index is 0.163. The van der Waals surface area contributed by atoms with Crippen molar-refractivity contribution in [3.63, 3.8) is 0 Å². The molecular weight excluding hydrogens is 206 g/mol. The third-order valence-electron chi connectivity index (χ3n) is 3.99. The zero-order chi connectivity index (χ0) is 12.2. The number of methoxy groups -OCH3 is 1. The molecule has 16 heavy (non-hydrogen) atoms. The number of carboxylic acid groups (broad SMARTS) is 1. The standard InChI is InChI=1S/C12H23NO3/c1-9-5-4-6-12(10(9)2,11(14)15)13-7-8-16-3/h9-10,13H,4-8H2,1-3H3,(H,14,15). The Labute approximate surface area is 97.4 Å². The lowest BCUT2D eigenvalue weighted by Gasteiger charge is -2.43. The van der Waals surface area contributed by atoms with E-state index in [2.05, 4.69) is 12.2 Å². The largest absolute Gasteiger partial charge is 0.480 e. The third-order valence-corrected chi connectivity index (χ3v) is 3.99. The lowest BCUT2D eigenvalue weighted by atomic mass is 9.68. The first-order valence-electron chi connectivity index (χ1n) is 6.02. The molecule has 94 valence electrons. The normalized spacial score (nSPS) is 34.9. The number of hydrogen-bond donors (Lipinski definition) is 2. The molecule has 1 rings (SSSR count). The highest BCUT2D eigenvalue weighted by atomic mass is 16.5. The second-order valence-electron chi connectivity index (χ2n) is 4.85. The lowest BCUT2D eigenvalue weighted by Crippen LogP contribution is -2.60. The van der Waals surface area contributed by atoms with Crippen molar-refractivity contribution >= 4 is 5.97 Å². The Hall–Kier alpha value is -0.610. The molecule has 0 aliphatic heterocycles.